The lowest BCUT2D eigenvalue weighted by Gasteiger charge is -2.04. The van der Waals surface area contributed by atoms with Crippen LogP contribution in [0.4, 0.5) is 5.69 Å². The molecule has 0 atom stereocenters. The van der Waals surface area contributed by atoms with Crippen molar-refractivity contribution >= 4 is 49.1 Å². The number of para-hydroxylation sites is 1. The lowest BCUT2D eigenvalue weighted by Crippen LogP contribution is -2.08. The monoisotopic (exact) mass is 358 g/mol. The Morgan fingerprint density at radius 2 is 1.96 bits per heavy atom. The van der Waals surface area contributed by atoms with Crippen molar-refractivity contribution in [3.8, 4) is 0 Å². The van der Waals surface area contributed by atoms with Crippen LogP contribution < -0.4 is 5.32 Å². The highest BCUT2D eigenvalue weighted by atomic mass is 32.2. The van der Waals surface area contributed by atoms with Gasteiger partial charge < -0.3 is 5.32 Å². The number of fused-ring (bicyclic) bond motifs is 1. The molecule has 0 aliphatic rings. The van der Waals surface area contributed by atoms with Crippen LogP contribution in [0.5, 0.6) is 0 Å². The van der Waals surface area contributed by atoms with Crippen LogP contribution in [0.3, 0.4) is 0 Å². The molecule has 0 spiro atoms. The number of rotatable bonds is 4. The highest BCUT2D eigenvalue weighted by Gasteiger charge is 2.08. The van der Waals surface area contributed by atoms with Gasteiger partial charge >= 0.3 is 0 Å². The lowest BCUT2D eigenvalue weighted by atomic mass is 10.3. The van der Waals surface area contributed by atoms with Gasteiger partial charge in [-0.2, -0.15) is 0 Å². The van der Waals surface area contributed by atoms with E-state index in [1.54, 1.807) is 18.2 Å². The van der Waals surface area contributed by atoms with Crippen molar-refractivity contribution in [1.82, 2.24) is 4.98 Å². The summed E-state index contributed by atoms with van der Waals surface area (Å²) < 4.78 is 24.1. The molecule has 5 nitrogen and oxygen atoms in total. The molecule has 0 aliphatic heterocycles. The molecule has 0 unspecified atom stereocenters. The van der Waals surface area contributed by atoms with E-state index in [1.165, 1.54) is 29.5 Å². The number of nitrogens with one attached hydrogen (secondary N) is 1. The second-order valence-corrected chi connectivity index (χ2v) is 8.22. The van der Waals surface area contributed by atoms with E-state index < -0.39 is 9.84 Å². The molecule has 0 radical (unpaired) electrons. The quantitative estimate of drug-likeness (QED) is 0.726. The Morgan fingerprint density at radius 1 is 1.17 bits per heavy atom. The molecular formula is C17H14N2O3S2. The summed E-state index contributed by atoms with van der Waals surface area (Å²) in [5.74, 6) is -0.347. The summed E-state index contributed by atoms with van der Waals surface area (Å²) in [4.78, 5) is 16.6. The van der Waals surface area contributed by atoms with Gasteiger partial charge in [0.2, 0.25) is 5.91 Å². The van der Waals surface area contributed by atoms with Crippen molar-refractivity contribution < 1.29 is 13.2 Å². The normalized spacial score (nSPS) is 11.9. The number of sulfone groups is 1. The maximum absolute atomic E-state index is 12.0. The van der Waals surface area contributed by atoms with Crippen molar-refractivity contribution in [2.45, 2.75) is 4.90 Å². The molecule has 1 N–H and O–H groups in total. The van der Waals surface area contributed by atoms with Crippen molar-refractivity contribution in [3.05, 3.63) is 59.6 Å². The van der Waals surface area contributed by atoms with Crippen molar-refractivity contribution in [1.29, 1.82) is 0 Å². The molecule has 0 fully saturated rings. The van der Waals surface area contributed by atoms with E-state index >= 15 is 0 Å². The summed E-state index contributed by atoms with van der Waals surface area (Å²) in [5.41, 5.74) is 1.32. The molecule has 0 saturated carbocycles. The van der Waals surface area contributed by atoms with Crippen LogP contribution in [0.15, 0.2) is 59.5 Å². The SMILES string of the molecule is CS(=O)(=O)c1cccc(NC(=O)/C=C/c2nc3ccccc3s2)c1. The molecule has 2 aromatic carbocycles. The Hall–Kier alpha value is -2.51. The molecule has 1 amide bonds. The van der Waals surface area contributed by atoms with Crippen LogP contribution in [0.1, 0.15) is 5.01 Å². The van der Waals surface area contributed by atoms with Gasteiger partial charge in [-0.25, -0.2) is 13.4 Å². The Bertz CT molecular complexity index is 1000. The number of amides is 1. The minimum absolute atomic E-state index is 0.162. The van der Waals surface area contributed by atoms with Gasteiger partial charge in [-0.15, -0.1) is 11.3 Å². The van der Waals surface area contributed by atoms with Crippen molar-refractivity contribution in [3.63, 3.8) is 0 Å². The number of benzene rings is 2. The number of carbonyl (C=O) groups excluding carboxylic acids is 1. The van der Waals surface area contributed by atoms with E-state index in [1.807, 2.05) is 24.3 Å². The Kier molecular flexibility index (Phi) is 4.46. The third kappa shape index (κ3) is 3.87. The third-order valence-corrected chi connectivity index (χ3v) is 5.33. The standard InChI is InChI=1S/C17H14N2O3S2/c1-24(21,22)13-6-4-5-12(11-13)18-16(20)9-10-17-19-14-7-2-3-8-15(14)23-17/h2-11H,1H3,(H,18,20)/b10-9+. The first-order chi connectivity index (χ1) is 11.4. The molecule has 1 aromatic heterocycles. The average molecular weight is 358 g/mol. The highest BCUT2D eigenvalue weighted by molar-refractivity contribution is 7.90. The predicted molar refractivity (Wildman–Crippen MR) is 96.8 cm³/mol. The highest BCUT2D eigenvalue weighted by Crippen LogP contribution is 2.22. The predicted octanol–water partition coefficient (Wildman–Crippen LogP) is 3.35. The number of hydrogen-bond donors (Lipinski definition) is 1. The summed E-state index contributed by atoms with van der Waals surface area (Å²) in [6.45, 7) is 0. The maximum Gasteiger partial charge on any atom is 0.248 e. The fraction of sp³-hybridized carbons (Fsp3) is 0.0588. The number of carbonyl (C=O) groups is 1. The number of hydrogen-bond acceptors (Lipinski definition) is 5. The molecule has 3 aromatic rings. The fourth-order valence-electron chi connectivity index (χ4n) is 2.10. The van der Waals surface area contributed by atoms with E-state index in [-0.39, 0.29) is 10.8 Å². The van der Waals surface area contributed by atoms with Gasteiger partial charge in [0.15, 0.2) is 9.84 Å². The van der Waals surface area contributed by atoms with Crippen LogP contribution in [-0.2, 0) is 14.6 Å². The van der Waals surface area contributed by atoms with E-state index in [2.05, 4.69) is 10.3 Å². The molecular weight excluding hydrogens is 344 g/mol. The second kappa shape index (κ2) is 6.54. The van der Waals surface area contributed by atoms with Crippen LogP contribution >= 0.6 is 11.3 Å². The van der Waals surface area contributed by atoms with Crippen LogP contribution in [0.2, 0.25) is 0 Å². The van der Waals surface area contributed by atoms with Gasteiger partial charge in [-0.05, 0) is 36.4 Å². The van der Waals surface area contributed by atoms with E-state index in [0.717, 1.165) is 21.5 Å². The van der Waals surface area contributed by atoms with Gasteiger partial charge in [-0.3, -0.25) is 4.79 Å². The molecule has 7 heteroatoms. The van der Waals surface area contributed by atoms with E-state index in [9.17, 15) is 13.2 Å². The molecule has 3 rings (SSSR count). The first kappa shape index (κ1) is 16.4. The molecule has 24 heavy (non-hydrogen) atoms. The summed E-state index contributed by atoms with van der Waals surface area (Å²) in [6, 6.07) is 13.9. The van der Waals surface area contributed by atoms with Gasteiger partial charge in [0.05, 0.1) is 15.1 Å². The summed E-state index contributed by atoms with van der Waals surface area (Å²) in [5, 5.41) is 3.38. The zero-order valence-corrected chi connectivity index (χ0v) is 14.4. The van der Waals surface area contributed by atoms with Crippen LogP contribution in [-0.4, -0.2) is 25.6 Å². The Labute approximate surface area is 143 Å². The molecule has 0 aliphatic carbocycles. The first-order valence-corrected chi connectivity index (χ1v) is 9.77. The largest absolute Gasteiger partial charge is 0.322 e. The number of aromatic nitrogens is 1. The second-order valence-electron chi connectivity index (χ2n) is 5.14. The first-order valence-electron chi connectivity index (χ1n) is 7.06. The van der Waals surface area contributed by atoms with E-state index in [4.69, 9.17) is 0 Å². The fourth-order valence-corrected chi connectivity index (χ4v) is 3.63. The van der Waals surface area contributed by atoms with Crippen LogP contribution in [0, 0.1) is 0 Å². The van der Waals surface area contributed by atoms with E-state index in [0.29, 0.717) is 5.69 Å². The van der Waals surface area contributed by atoms with Crippen molar-refractivity contribution in [2.24, 2.45) is 0 Å². The zero-order valence-electron chi connectivity index (χ0n) is 12.8. The summed E-state index contributed by atoms with van der Waals surface area (Å²) in [6.07, 6.45) is 4.15. The van der Waals surface area contributed by atoms with Gasteiger partial charge in [-0.1, -0.05) is 18.2 Å². The van der Waals surface area contributed by atoms with Crippen molar-refractivity contribution in [2.75, 3.05) is 11.6 Å². The number of nitrogens with zero attached hydrogens (tertiary/aromatic N) is 1. The van der Waals surface area contributed by atoms with Gasteiger partial charge in [0.25, 0.3) is 0 Å². The average Bonchev–Trinajstić information content (AvgIpc) is 2.95. The smallest absolute Gasteiger partial charge is 0.248 e. The third-order valence-electron chi connectivity index (χ3n) is 3.22. The van der Waals surface area contributed by atoms with Gasteiger partial charge in [0, 0.05) is 18.0 Å². The Morgan fingerprint density at radius 3 is 2.71 bits per heavy atom. The molecule has 0 saturated heterocycles. The Balaban J connectivity index is 1.73. The summed E-state index contributed by atoms with van der Waals surface area (Å²) >= 11 is 1.49. The zero-order chi connectivity index (χ0) is 17.2. The number of anilines is 1. The molecule has 1 heterocycles. The minimum Gasteiger partial charge on any atom is -0.322 e. The number of thiazole rings is 1. The van der Waals surface area contributed by atoms with Crippen LogP contribution in [0.25, 0.3) is 16.3 Å². The lowest BCUT2D eigenvalue weighted by molar-refractivity contribution is -0.111. The maximum atomic E-state index is 12.0. The molecule has 122 valence electrons. The van der Waals surface area contributed by atoms with Gasteiger partial charge in [0.1, 0.15) is 5.01 Å². The molecule has 0 bridgehead atoms. The topological polar surface area (TPSA) is 76.1 Å². The summed E-state index contributed by atoms with van der Waals surface area (Å²) in [7, 11) is -3.31. The minimum atomic E-state index is -3.31.